The lowest BCUT2D eigenvalue weighted by atomic mass is 10.4. The van der Waals surface area contributed by atoms with Crippen molar-refractivity contribution in [2.75, 3.05) is 0 Å². The van der Waals surface area contributed by atoms with Crippen molar-refractivity contribution in [3.05, 3.63) is 62.2 Å². The minimum atomic E-state index is -1.65. The van der Waals surface area contributed by atoms with E-state index >= 15 is 0 Å². The van der Waals surface area contributed by atoms with Crippen LogP contribution < -0.4 is 5.19 Å². The normalized spacial score (nSPS) is 10.9. The molecule has 0 amide bonds. The molecule has 0 bridgehead atoms. The summed E-state index contributed by atoms with van der Waals surface area (Å²) in [5.74, 6) is 0. The second-order valence-corrected chi connectivity index (χ2v) is 9.08. The van der Waals surface area contributed by atoms with Gasteiger partial charge in [0.05, 0.1) is 8.07 Å². The average Bonchev–Trinajstić information content (AvgIpc) is 2.30. The predicted molar refractivity (Wildman–Crippen MR) is 84.1 cm³/mol. The van der Waals surface area contributed by atoms with E-state index in [1.165, 1.54) is 5.19 Å². The Balaban J connectivity index is 3.28. The molecular formula is C15H20SSi. The number of thiol groups is 1. The lowest BCUT2D eigenvalue weighted by molar-refractivity contribution is 1.35. The maximum atomic E-state index is 4.60. The Hall–Kier alpha value is -0.993. The Morgan fingerprint density at radius 2 is 1.41 bits per heavy atom. The van der Waals surface area contributed by atoms with Gasteiger partial charge >= 0.3 is 0 Å². The van der Waals surface area contributed by atoms with Crippen molar-refractivity contribution in [1.82, 2.24) is 0 Å². The molecule has 17 heavy (non-hydrogen) atoms. The third kappa shape index (κ3) is 3.24. The minimum Gasteiger partial charge on any atom is -0.144 e. The second-order valence-electron chi connectivity index (χ2n) is 4.28. The van der Waals surface area contributed by atoms with Crippen LogP contribution in [0.2, 0.25) is 18.1 Å². The molecule has 0 aliphatic heterocycles. The number of benzene rings is 1. The Morgan fingerprint density at radius 1 is 0.941 bits per heavy atom. The van der Waals surface area contributed by atoms with Gasteiger partial charge in [-0.05, 0) is 29.4 Å². The maximum Gasteiger partial charge on any atom is 0.0991 e. The summed E-state index contributed by atoms with van der Waals surface area (Å²) in [6.45, 7) is 11.7. The molecule has 2 heteroatoms. The van der Waals surface area contributed by atoms with Crippen molar-refractivity contribution in [2.24, 2.45) is 0 Å². The highest BCUT2D eigenvalue weighted by atomic mass is 32.1. The fourth-order valence-corrected chi connectivity index (χ4v) is 7.10. The first-order chi connectivity index (χ1) is 8.20. The van der Waals surface area contributed by atoms with Crippen LogP contribution in [0.4, 0.5) is 0 Å². The first-order valence-corrected chi connectivity index (χ1v) is 8.88. The minimum absolute atomic E-state index is 1.04. The van der Waals surface area contributed by atoms with Crippen molar-refractivity contribution in [3.8, 4) is 0 Å². The molecule has 1 rings (SSSR count). The largest absolute Gasteiger partial charge is 0.144 e. The van der Waals surface area contributed by atoms with Crippen molar-refractivity contribution in [2.45, 2.75) is 23.0 Å². The van der Waals surface area contributed by atoms with E-state index in [1.54, 1.807) is 0 Å². The van der Waals surface area contributed by atoms with Crippen LogP contribution in [0.5, 0.6) is 0 Å². The fourth-order valence-electron chi connectivity index (χ4n) is 2.33. The van der Waals surface area contributed by atoms with Gasteiger partial charge in [-0.1, -0.05) is 36.4 Å². The van der Waals surface area contributed by atoms with Crippen LogP contribution in [-0.2, 0) is 0 Å². The molecule has 0 saturated carbocycles. The molecule has 0 fully saturated rings. The summed E-state index contributed by atoms with van der Waals surface area (Å²) in [6, 6.07) is 11.5. The topological polar surface area (TPSA) is 0 Å². The van der Waals surface area contributed by atoms with Crippen molar-refractivity contribution >= 4 is 25.9 Å². The molecule has 90 valence electrons. The van der Waals surface area contributed by atoms with Gasteiger partial charge in [0.2, 0.25) is 0 Å². The first kappa shape index (κ1) is 14.1. The summed E-state index contributed by atoms with van der Waals surface area (Å²) in [4.78, 5) is 1.09. The van der Waals surface area contributed by atoms with Gasteiger partial charge in [-0.15, -0.1) is 32.4 Å². The van der Waals surface area contributed by atoms with Gasteiger partial charge in [0.1, 0.15) is 0 Å². The molecule has 0 nitrogen and oxygen atoms in total. The zero-order valence-electron chi connectivity index (χ0n) is 10.2. The highest BCUT2D eigenvalue weighted by Gasteiger charge is 2.32. The lowest BCUT2D eigenvalue weighted by Gasteiger charge is -2.30. The van der Waals surface area contributed by atoms with Crippen LogP contribution in [0.3, 0.4) is 0 Å². The molecule has 0 heterocycles. The first-order valence-electron chi connectivity index (χ1n) is 5.81. The summed E-state index contributed by atoms with van der Waals surface area (Å²) >= 11 is 4.60. The molecule has 0 unspecified atom stereocenters. The summed E-state index contributed by atoms with van der Waals surface area (Å²) in [5.41, 5.74) is 0. The van der Waals surface area contributed by atoms with E-state index in [4.69, 9.17) is 0 Å². The fraction of sp³-hybridized carbons (Fsp3) is 0.200. The SMILES string of the molecule is C=CC[Si](CC=C)(CC=C)c1ccccc1S. The number of rotatable bonds is 7. The van der Waals surface area contributed by atoms with Crippen LogP contribution in [0, 0.1) is 0 Å². The smallest absolute Gasteiger partial charge is 0.0991 e. The van der Waals surface area contributed by atoms with Gasteiger partial charge in [0, 0.05) is 4.90 Å². The lowest BCUT2D eigenvalue weighted by Crippen LogP contribution is -2.47. The van der Waals surface area contributed by atoms with E-state index in [0.29, 0.717) is 0 Å². The molecule has 0 radical (unpaired) electrons. The van der Waals surface area contributed by atoms with Crippen LogP contribution in [0.1, 0.15) is 0 Å². The van der Waals surface area contributed by atoms with E-state index in [0.717, 1.165) is 23.0 Å². The number of hydrogen-bond acceptors (Lipinski definition) is 1. The van der Waals surface area contributed by atoms with Crippen molar-refractivity contribution in [1.29, 1.82) is 0 Å². The molecule has 0 aliphatic rings. The van der Waals surface area contributed by atoms with E-state index in [-0.39, 0.29) is 0 Å². The highest BCUT2D eigenvalue weighted by molar-refractivity contribution is 7.80. The van der Waals surface area contributed by atoms with Gasteiger partial charge in [-0.25, -0.2) is 0 Å². The molecule has 0 saturated heterocycles. The van der Waals surface area contributed by atoms with E-state index in [9.17, 15) is 0 Å². The molecular weight excluding hydrogens is 240 g/mol. The molecule has 0 aromatic heterocycles. The molecule has 1 aromatic carbocycles. The third-order valence-corrected chi connectivity index (χ3v) is 8.47. The Bertz CT molecular complexity index is 383. The van der Waals surface area contributed by atoms with Gasteiger partial charge in [-0.3, -0.25) is 0 Å². The summed E-state index contributed by atoms with van der Waals surface area (Å²) in [5, 5.41) is 1.39. The monoisotopic (exact) mass is 260 g/mol. The van der Waals surface area contributed by atoms with Gasteiger partial charge < -0.3 is 0 Å². The summed E-state index contributed by atoms with van der Waals surface area (Å²) in [6.07, 6.45) is 6.08. The Labute approximate surface area is 111 Å². The highest BCUT2D eigenvalue weighted by Crippen LogP contribution is 2.25. The van der Waals surface area contributed by atoms with E-state index in [2.05, 4.69) is 50.6 Å². The zero-order valence-corrected chi connectivity index (χ0v) is 12.1. The van der Waals surface area contributed by atoms with E-state index in [1.807, 2.05) is 24.3 Å². The zero-order chi connectivity index (χ0) is 12.7. The van der Waals surface area contributed by atoms with Crippen LogP contribution in [0.15, 0.2) is 67.1 Å². The Morgan fingerprint density at radius 3 is 1.82 bits per heavy atom. The van der Waals surface area contributed by atoms with Crippen molar-refractivity contribution in [3.63, 3.8) is 0 Å². The van der Waals surface area contributed by atoms with Crippen LogP contribution in [0.25, 0.3) is 0 Å². The maximum absolute atomic E-state index is 4.60. The van der Waals surface area contributed by atoms with Gasteiger partial charge in [0.25, 0.3) is 0 Å². The van der Waals surface area contributed by atoms with Crippen LogP contribution in [-0.4, -0.2) is 8.07 Å². The Kier molecular flexibility index (Phi) is 5.52. The van der Waals surface area contributed by atoms with Gasteiger partial charge in [-0.2, -0.15) is 0 Å². The summed E-state index contributed by atoms with van der Waals surface area (Å²) in [7, 11) is -1.65. The number of hydrogen-bond donors (Lipinski definition) is 1. The molecule has 0 aliphatic carbocycles. The molecule has 0 spiro atoms. The standard InChI is InChI=1S/C15H20SSi/c1-4-11-17(12-5-2,13-6-3)15-10-8-7-9-14(15)16/h4-10,16H,1-3,11-13H2. The van der Waals surface area contributed by atoms with Crippen molar-refractivity contribution < 1.29 is 0 Å². The molecule has 0 atom stereocenters. The van der Waals surface area contributed by atoms with Crippen LogP contribution >= 0.6 is 12.6 Å². The average molecular weight is 260 g/mol. The third-order valence-electron chi connectivity index (χ3n) is 3.08. The number of allylic oxidation sites excluding steroid dienone is 3. The second kappa shape index (κ2) is 6.67. The quantitative estimate of drug-likeness (QED) is 0.424. The molecule has 0 N–H and O–H groups in total. The molecule has 1 aromatic rings. The summed E-state index contributed by atoms with van der Waals surface area (Å²) < 4.78 is 0. The predicted octanol–water partition coefficient (Wildman–Crippen LogP) is 4.19. The van der Waals surface area contributed by atoms with Gasteiger partial charge in [0.15, 0.2) is 0 Å². The van der Waals surface area contributed by atoms with E-state index < -0.39 is 8.07 Å².